The van der Waals surface area contributed by atoms with Crippen LogP contribution in [0.15, 0.2) is 175 Å². The number of benzene rings is 7. The summed E-state index contributed by atoms with van der Waals surface area (Å²) < 4.78 is 7.75. The quantitative estimate of drug-likeness (QED) is 0.163. The van der Waals surface area contributed by atoms with E-state index >= 15 is 0 Å². The lowest BCUT2D eigenvalue weighted by molar-refractivity contribution is 0.219. The molecule has 1 aliphatic carbocycles. The van der Waals surface area contributed by atoms with Gasteiger partial charge in [-0.3, -0.25) is 16.0 Å². The number of allylic oxidation sites excluding steroid dienone is 3. The highest BCUT2D eigenvalue weighted by Gasteiger charge is 2.31. The van der Waals surface area contributed by atoms with Crippen LogP contribution in [0.2, 0.25) is 0 Å². The van der Waals surface area contributed by atoms with Crippen molar-refractivity contribution < 1.29 is 0 Å². The third kappa shape index (κ3) is 5.37. The largest absolute Gasteiger partial charge is 0.308 e. The number of hydrogen-bond donors (Lipinski definition) is 3. The second-order valence-electron chi connectivity index (χ2n) is 15.3. The summed E-state index contributed by atoms with van der Waals surface area (Å²) in [6.45, 7) is 0. The smallest absolute Gasteiger partial charge is 0.0864 e. The molecular formula is C51H38N4S2. The van der Waals surface area contributed by atoms with Crippen molar-refractivity contribution in [3.8, 4) is 16.8 Å². The van der Waals surface area contributed by atoms with Gasteiger partial charge in [-0.25, -0.2) is 0 Å². The average molecular weight is 771 g/mol. The van der Waals surface area contributed by atoms with Gasteiger partial charge in [0, 0.05) is 57.5 Å². The lowest BCUT2D eigenvalue weighted by Gasteiger charge is -2.40. The first kappa shape index (κ1) is 33.3. The zero-order valence-electron chi connectivity index (χ0n) is 31.1. The Kier molecular flexibility index (Phi) is 7.81. The van der Waals surface area contributed by atoms with E-state index in [2.05, 4.69) is 190 Å². The Morgan fingerprint density at radius 1 is 0.474 bits per heavy atom. The van der Waals surface area contributed by atoms with Crippen molar-refractivity contribution >= 4 is 84.8 Å². The fourth-order valence-corrected chi connectivity index (χ4v) is 11.9. The second-order valence-corrected chi connectivity index (χ2v) is 17.3. The van der Waals surface area contributed by atoms with Crippen molar-refractivity contribution in [1.29, 1.82) is 0 Å². The van der Waals surface area contributed by atoms with E-state index < -0.39 is 0 Å². The lowest BCUT2D eigenvalue weighted by atomic mass is 9.98. The molecule has 2 aliphatic rings. The van der Waals surface area contributed by atoms with Crippen LogP contribution >= 0.6 is 22.7 Å². The first-order valence-corrected chi connectivity index (χ1v) is 21.5. The molecule has 0 spiro atoms. The number of para-hydroxylation sites is 2. The second kappa shape index (κ2) is 13.4. The number of nitrogens with zero attached hydrogens (tertiary/aromatic N) is 1. The Morgan fingerprint density at radius 3 is 1.79 bits per heavy atom. The summed E-state index contributed by atoms with van der Waals surface area (Å²) in [6.07, 6.45) is 8.95. The Labute approximate surface area is 338 Å². The van der Waals surface area contributed by atoms with Crippen LogP contribution in [0, 0.1) is 0 Å². The van der Waals surface area contributed by atoms with E-state index in [0.717, 1.165) is 12.8 Å². The van der Waals surface area contributed by atoms with Gasteiger partial charge in [-0.05, 0) is 53.8 Å². The number of rotatable bonds is 5. The van der Waals surface area contributed by atoms with E-state index in [1.54, 1.807) is 0 Å². The van der Waals surface area contributed by atoms with Crippen molar-refractivity contribution in [2.75, 3.05) is 0 Å². The summed E-state index contributed by atoms with van der Waals surface area (Å²) >= 11 is 3.84. The fraction of sp³-hybridized carbons (Fsp3) is 0.0980. The molecule has 274 valence electrons. The molecule has 12 rings (SSSR count). The van der Waals surface area contributed by atoms with Crippen LogP contribution in [0.3, 0.4) is 0 Å². The van der Waals surface area contributed by atoms with Crippen LogP contribution in [0.5, 0.6) is 0 Å². The van der Waals surface area contributed by atoms with Gasteiger partial charge in [-0.15, -0.1) is 22.7 Å². The van der Waals surface area contributed by atoms with Crippen molar-refractivity contribution in [2.45, 2.75) is 31.3 Å². The number of nitrogens with one attached hydrogen (secondary N) is 3. The maximum absolute atomic E-state index is 3.92. The minimum Gasteiger partial charge on any atom is -0.308 e. The minimum atomic E-state index is -0.0154. The molecule has 1 fully saturated rings. The molecule has 0 radical (unpaired) electrons. The highest BCUT2D eigenvalue weighted by molar-refractivity contribution is 7.27. The normalized spacial score (nSPS) is 18.7. The molecule has 10 aromatic rings. The third-order valence-corrected chi connectivity index (χ3v) is 14.5. The molecule has 3 N–H and O–H groups in total. The molecule has 3 unspecified atom stereocenters. The predicted molar refractivity (Wildman–Crippen MR) is 244 cm³/mol. The van der Waals surface area contributed by atoms with Gasteiger partial charge in [0.05, 0.1) is 39.9 Å². The van der Waals surface area contributed by atoms with Crippen LogP contribution in [-0.2, 0) is 0 Å². The Morgan fingerprint density at radius 2 is 1.07 bits per heavy atom. The maximum Gasteiger partial charge on any atom is 0.0864 e. The van der Waals surface area contributed by atoms with Crippen molar-refractivity contribution in [1.82, 2.24) is 20.5 Å². The van der Waals surface area contributed by atoms with E-state index in [4.69, 9.17) is 0 Å². The topological polar surface area (TPSA) is 41.0 Å². The molecule has 0 amide bonds. The summed E-state index contributed by atoms with van der Waals surface area (Å²) in [7, 11) is 0. The van der Waals surface area contributed by atoms with E-state index in [-0.39, 0.29) is 18.5 Å². The predicted octanol–water partition coefficient (Wildman–Crippen LogP) is 13.3. The monoisotopic (exact) mass is 770 g/mol. The lowest BCUT2D eigenvalue weighted by Crippen LogP contribution is -2.59. The Hall–Kier alpha value is -5.86. The maximum atomic E-state index is 3.92. The third-order valence-electron chi connectivity index (χ3n) is 12.0. The van der Waals surface area contributed by atoms with Crippen LogP contribution in [-0.4, -0.2) is 10.7 Å². The molecule has 57 heavy (non-hydrogen) atoms. The summed E-state index contributed by atoms with van der Waals surface area (Å²) in [5, 5.41) is 19.5. The SMILES string of the molecule is C1=CCCC(C2NC(c3ccccc3)NC(c3ccc4c(c3)sc3c(-c5cccc6c5sc5c(-n7c8ccccc8c8ccccc87)cccc56)cccc34)N2)=C1. The van der Waals surface area contributed by atoms with Gasteiger partial charge in [0.15, 0.2) is 0 Å². The van der Waals surface area contributed by atoms with Crippen molar-refractivity contribution in [3.63, 3.8) is 0 Å². The highest BCUT2D eigenvalue weighted by atomic mass is 32.1. The van der Waals surface area contributed by atoms with E-state index in [1.807, 2.05) is 22.7 Å². The van der Waals surface area contributed by atoms with Crippen LogP contribution < -0.4 is 16.0 Å². The molecule has 1 saturated heterocycles. The minimum absolute atomic E-state index is 0.0154. The van der Waals surface area contributed by atoms with Gasteiger partial charge >= 0.3 is 0 Å². The van der Waals surface area contributed by atoms with Gasteiger partial charge in [0.1, 0.15) is 0 Å². The van der Waals surface area contributed by atoms with Gasteiger partial charge in [0.25, 0.3) is 0 Å². The van der Waals surface area contributed by atoms with Gasteiger partial charge in [0.2, 0.25) is 0 Å². The molecule has 7 aromatic carbocycles. The molecule has 3 aromatic heterocycles. The van der Waals surface area contributed by atoms with Crippen LogP contribution in [0.4, 0.5) is 0 Å². The zero-order chi connectivity index (χ0) is 37.5. The molecule has 1 aliphatic heterocycles. The highest BCUT2D eigenvalue weighted by Crippen LogP contribution is 2.47. The summed E-state index contributed by atoms with van der Waals surface area (Å²) in [5.41, 5.74) is 10.2. The Bertz CT molecular complexity index is 3200. The van der Waals surface area contributed by atoms with Gasteiger partial charge in [-0.1, -0.05) is 146 Å². The van der Waals surface area contributed by atoms with Crippen molar-refractivity contribution in [2.24, 2.45) is 0 Å². The number of fused-ring (bicyclic) bond motifs is 9. The first-order chi connectivity index (χ1) is 28.3. The molecular weight excluding hydrogens is 733 g/mol. The molecule has 0 saturated carbocycles. The van der Waals surface area contributed by atoms with Gasteiger partial charge in [-0.2, -0.15) is 0 Å². The average Bonchev–Trinajstić information content (AvgIpc) is 3.96. The van der Waals surface area contributed by atoms with Crippen molar-refractivity contribution in [3.05, 3.63) is 187 Å². The standard InChI is InChI=1S/C51H38N4S2/c1-3-14-31(15-4-1)49-52-50(32-16-5-2-6-17-32)54-51(53-49)33-28-29-36-37-20-11-21-38(46(37)56-45(36)30-33)39-22-12-23-40-41-24-13-27-44(48(41)57-47(39)40)55-42-25-9-7-18-34(42)35-19-8-10-26-43(35)55/h1-5,7-16,18-30,49-54H,6,17H2. The van der Waals surface area contributed by atoms with E-state index in [1.165, 1.54) is 95.7 Å². The summed E-state index contributed by atoms with van der Waals surface area (Å²) in [4.78, 5) is 0. The molecule has 0 bridgehead atoms. The zero-order valence-corrected chi connectivity index (χ0v) is 32.7. The van der Waals surface area contributed by atoms with Crippen LogP contribution in [0.25, 0.3) is 79.0 Å². The summed E-state index contributed by atoms with van der Waals surface area (Å²) in [6, 6.07) is 56.0. The summed E-state index contributed by atoms with van der Waals surface area (Å²) in [5.74, 6) is 0. The molecule has 3 atom stereocenters. The molecule has 4 heterocycles. The fourth-order valence-electron chi connectivity index (χ4n) is 9.33. The van der Waals surface area contributed by atoms with E-state index in [0.29, 0.717) is 0 Å². The molecule has 4 nitrogen and oxygen atoms in total. The number of aromatic nitrogens is 1. The Balaban J connectivity index is 0.978. The van der Waals surface area contributed by atoms with Gasteiger partial charge < -0.3 is 4.57 Å². The first-order valence-electron chi connectivity index (χ1n) is 19.8. The molecule has 6 heteroatoms. The number of thiophene rings is 2. The number of hydrogen-bond acceptors (Lipinski definition) is 5. The van der Waals surface area contributed by atoms with Crippen LogP contribution in [0.1, 0.15) is 36.3 Å². The van der Waals surface area contributed by atoms with E-state index in [9.17, 15) is 0 Å².